The number of fused-ring (bicyclic) bond motifs is 2. The zero-order valence-electron chi connectivity index (χ0n) is 18.5. The minimum atomic E-state index is -1.10. The molecule has 170 valence electrons. The summed E-state index contributed by atoms with van der Waals surface area (Å²) in [7, 11) is 0. The molecule has 8 heteroatoms. The summed E-state index contributed by atoms with van der Waals surface area (Å²) in [6.07, 6.45) is 0.735. The topological polar surface area (TPSA) is 109 Å². The third-order valence-corrected chi connectivity index (χ3v) is 5.74. The number of anilines is 1. The number of hydrogen-bond acceptors (Lipinski definition) is 6. The molecule has 2 heterocycles. The van der Waals surface area contributed by atoms with Crippen molar-refractivity contribution in [1.82, 2.24) is 9.88 Å². The van der Waals surface area contributed by atoms with Crippen LogP contribution in [0.15, 0.2) is 48.5 Å². The quantitative estimate of drug-likeness (QED) is 0.557. The van der Waals surface area contributed by atoms with Crippen LogP contribution in [0, 0.1) is 0 Å². The van der Waals surface area contributed by atoms with Gasteiger partial charge >= 0.3 is 11.9 Å². The molecule has 8 nitrogen and oxygen atoms in total. The highest BCUT2D eigenvalue weighted by molar-refractivity contribution is 6.06. The predicted octanol–water partition coefficient (Wildman–Crippen LogP) is 3.50. The number of para-hydroxylation sites is 1. The van der Waals surface area contributed by atoms with Crippen LogP contribution in [0.2, 0.25) is 0 Å². The summed E-state index contributed by atoms with van der Waals surface area (Å²) in [5, 5.41) is 12.4. The van der Waals surface area contributed by atoms with Crippen LogP contribution < -0.4 is 5.32 Å². The molecule has 1 aliphatic heterocycles. The average molecular weight is 447 g/mol. The number of aromatic carboxylic acids is 1. The number of pyridine rings is 1. The zero-order valence-corrected chi connectivity index (χ0v) is 18.5. The normalized spacial score (nSPS) is 13.5. The molecule has 0 radical (unpaired) electrons. The number of esters is 1. The lowest BCUT2D eigenvalue weighted by atomic mass is 9.95. The van der Waals surface area contributed by atoms with Gasteiger partial charge in [-0.3, -0.25) is 14.7 Å². The maximum Gasteiger partial charge on any atom is 0.339 e. The molecule has 1 aromatic heterocycles. The number of rotatable bonds is 6. The predicted molar refractivity (Wildman–Crippen MR) is 123 cm³/mol. The summed E-state index contributed by atoms with van der Waals surface area (Å²) in [5.74, 6) is -2.23. The van der Waals surface area contributed by atoms with Gasteiger partial charge in [0.2, 0.25) is 0 Å². The molecule has 1 aliphatic rings. The van der Waals surface area contributed by atoms with E-state index in [0.29, 0.717) is 29.2 Å². The number of carbonyl (C=O) groups excluding carboxylic acids is 2. The van der Waals surface area contributed by atoms with E-state index >= 15 is 0 Å². The molecule has 0 atom stereocenters. The molecule has 0 spiro atoms. The van der Waals surface area contributed by atoms with Gasteiger partial charge in [0.05, 0.1) is 16.6 Å². The van der Waals surface area contributed by atoms with Crippen LogP contribution in [0.3, 0.4) is 0 Å². The Morgan fingerprint density at radius 1 is 1.15 bits per heavy atom. The van der Waals surface area contributed by atoms with Gasteiger partial charge in [-0.1, -0.05) is 24.3 Å². The first kappa shape index (κ1) is 22.4. The largest absolute Gasteiger partial charge is 0.478 e. The standard InChI is InChI=1S/C25H25N3O5/c1-15(2)28-11-10-21-19(13-28)23(18-8-3-4-9-20(18)27-21)25(32)33-14-22(29)26-17-7-5-6-16(12-17)24(30)31/h3-9,12,15H,10-11,13-14H2,1-2H3,(H,26,29)(H,30,31). The minimum Gasteiger partial charge on any atom is -0.478 e. The average Bonchev–Trinajstić information content (AvgIpc) is 2.80. The number of aromatic nitrogens is 1. The highest BCUT2D eigenvalue weighted by Gasteiger charge is 2.27. The highest BCUT2D eigenvalue weighted by Crippen LogP contribution is 2.29. The summed E-state index contributed by atoms with van der Waals surface area (Å²) < 4.78 is 5.40. The third-order valence-electron chi connectivity index (χ3n) is 5.74. The van der Waals surface area contributed by atoms with E-state index in [4.69, 9.17) is 14.8 Å². The molecule has 33 heavy (non-hydrogen) atoms. The Morgan fingerprint density at radius 2 is 1.94 bits per heavy atom. The number of benzene rings is 2. The Morgan fingerprint density at radius 3 is 2.70 bits per heavy atom. The molecular weight excluding hydrogens is 422 g/mol. The Balaban J connectivity index is 1.55. The van der Waals surface area contributed by atoms with Gasteiger partial charge in [-0.05, 0) is 38.1 Å². The summed E-state index contributed by atoms with van der Waals surface area (Å²) in [5.41, 5.74) is 3.25. The molecule has 2 N–H and O–H groups in total. The van der Waals surface area contributed by atoms with E-state index in [9.17, 15) is 14.4 Å². The van der Waals surface area contributed by atoms with Crippen LogP contribution in [0.4, 0.5) is 5.69 Å². The number of carboxylic acid groups (broad SMARTS) is 1. The van der Waals surface area contributed by atoms with Crippen molar-refractivity contribution in [2.45, 2.75) is 32.9 Å². The van der Waals surface area contributed by atoms with Gasteiger partial charge < -0.3 is 15.2 Å². The molecule has 0 unspecified atom stereocenters. The maximum absolute atomic E-state index is 13.2. The fourth-order valence-electron chi connectivity index (χ4n) is 4.02. The fraction of sp³-hybridized carbons (Fsp3) is 0.280. The second-order valence-corrected chi connectivity index (χ2v) is 8.25. The smallest absolute Gasteiger partial charge is 0.339 e. The fourth-order valence-corrected chi connectivity index (χ4v) is 4.02. The van der Waals surface area contributed by atoms with E-state index in [1.807, 2.05) is 24.3 Å². The van der Waals surface area contributed by atoms with E-state index in [0.717, 1.165) is 29.7 Å². The SMILES string of the molecule is CC(C)N1CCc2nc3ccccc3c(C(=O)OCC(=O)Nc3cccc(C(=O)O)c3)c2C1. The number of ether oxygens (including phenoxy) is 1. The molecule has 0 saturated heterocycles. The lowest BCUT2D eigenvalue weighted by Crippen LogP contribution is -2.37. The van der Waals surface area contributed by atoms with Crippen molar-refractivity contribution in [2.24, 2.45) is 0 Å². The molecule has 0 fully saturated rings. The molecule has 2 aromatic carbocycles. The lowest BCUT2D eigenvalue weighted by molar-refractivity contribution is -0.119. The number of nitrogens with zero attached hydrogens (tertiary/aromatic N) is 2. The van der Waals surface area contributed by atoms with Crippen LogP contribution in [0.1, 0.15) is 45.8 Å². The molecular formula is C25H25N3O5. The summed E-state index contributed by atoms with van der Waals surface area (Å²) in [6, 6.07) is 13.6. The summed E-state index contributed by atoms with van der Waals surface area (Å²) in [6.45, 7) is 5.18. The van der Waals surface area contributed by atoms with Crippen molar-refractivity contribution >= 4 is 34.4 Å². The number of carboxylic acids is 1. The minimum absolute atomic E-state index is 0.0504. The van der Waals surface area contributed by atoms with E-state index < -0.39 is 24.5 Å². The van der Waals surface area contributed by atoms with Gasteiger partial charge in [0.1, 0.15) is 0 Å². The Labute approximate surface area is 191 Å². The van der Waals surface area contributed by atoms with Gasteiger partial charge in [-0.15, -0.1) is 0 Å². The molecule has 0 saturated carbocycles. The summed E-state index contributed by atoms with van der Waals surface area (Å²) in [4.78, 5) is 43.7. The molecule has 0 bridgehead atoms. The molecule has 3 aromatic rings. The van der Waals surface area contributed by atoms with E-state index in [-0.39, 0.29) is 5.56 Å². The van der Waals surface area contributed by atoms with E-state index in [2.05, 4.69) is 24.1 Å². The van der Waals surface area contributed by atoms with E-state index in [1.54, 1.807) is 6.07 Å². The lowest BCUT2D eigenvalue weighted by Gasteiger charge is -2.32. The first-order valence-corrected chi connectivity index (χ1v) is 10.8. The molecule has 4 rings (SSSR count). The van der Waals surface area contributed by atoms with Crippen molar-refractivity contribution < 1.29 is 24.2 Å². The van der Waals surface area contributed by atoms with Crippen LogP contribution >= 0.6 is 0 Å². The third kappa shape index (κ3) is 4.85. The van der Waals surface area contributed by atoms with Crippen LogP contribution in [0.5, 0.6) is 0 Å². The number of amides is 1. The first-order chi connectivity index (χ1) is 15.8. The van der Waals surface area contributed by atoms with Gasteiger partial charge in [0, 0.05) is 47.9 Å². The Kier molecular flexibility index (Phi) is 6.37. The molecule has 1 amide bonds. The van der Waals surface area contributed by atoms with Crippen molar-refractivity contribution in [3.8, 4) is 0 Å². The van der Waals surface area contributed by atoms with Crippen LogP contribution in [0.25, 0.3) is 10.9 Å². The van der Waals surface area contributed by atoms with E-state index in [1.165, 1.54) is 18.2 Å². The van der Waals surface area contributed by atoms with Gasteiger partial charge in [0.15, 0.2) is 6.61 Å². The summed E-state index contributed by atoms with van der Waals surface area (Å²) >= 11 is 0. The second-order valence-electron chi connectivity index (χ2n) is 8.25. The Bertz CT molecular complexity index is 1240. The van der Waals surface area contributed by atoms with Crippen molar-refractivity contribution in [2.75, 3.05) is 18.5 Å². The maximum atomic E-state index is 13.2. The van der Waals surface area contributed by atoms with Crippen molar-refractivity contribution in [3.63, 3.8) is 0 Å². The van der Waals surface area contributed by atoms with Gasteiger partial charge in [-0.2, -0.15) is 0 Å². The van der Waals surface area contributed by atoms with Gasteiger partial charge in [0.25, 0.3) is 5.91 Å². The number of hydrogen-bond donors (Lipinski definition) is 2. The van der Waals surface area contributed by atoms with Crippen molar-refractivity contribution in [1.29, 1.82) is 0 Å². The van der Waals surface area contributed by atoms with Crippen molar-refractivity contribution in [3.05, 3.63) is 70.9 Å². The highest BCUT2D eigenvalue weighted by atomic mass is 16.5. The Hall–Kier alpha value is -3.78. The number of nitrogens with one attached hydrogen (secondary N) is 1. The number of carbonyl (C=O) groups is 3. The van der Waals surface area contributed by atoms with Crippen LogP contribution in [-0.4, -0.2) is 52.0 Å². The van der Waals surface area contributed by atoms with Crippen LogP contribution in [-0.2, 0) is 22.5 Å². The monoisotopic (exact) mass is 447 g/mol. The zero-order chi connectivity index (χ0) is 23.5. The first-order valence-electron chi connectivity index (χ1n) is 10.8. The second kappa shape index (κ2) is 9.38. The molecule has 0 aliphatic carbocycles. The van der Waals surface area contributed by atoms with Gasteiger partial charge in [-0.25, -0.2) is 9.59 Å².